The minimum atomic E-state index is 0.487. The first-order valence-corrected chi connectivity index (χ1v) is 7.71. The van der Waals surface area contributed by atoms with E-state index in [4.69, 9.17) is 16.6 Å². The normalized spacial score (nSPS) is 19.3. The minimum Gasteiger partial charge on any atom is -0.312 e. The fourth-order valence-corrected chi connectivity index (χ4v) is 4.58. The second-order valence-corrected chi connectivity index (χ2v) is 6.91. The first-order valence-electron chi connectivity index (χ1n) is 5.70. The summed E-state index contributed by atoms with van der Waals surface area (Å²) in [4.78, 5) is 7.36. The van der Waals surface area contributed by atoms with Crippen molar-refractivity contribution in [2.75, 3.05) is 7.05 Å². The van der Waals surface area contributed by atoms with Crippen molar-refractivity contribution in [1.82, 2.24) is 10.3 Å². The number of aryl methyl sites for hydroxylation is 1. The predicted molar refractivity (Wildman–Crippen MR) is 75.2 cm³/mol. The molecule has 0 radical (unpaired) electrons. The highest BCUT2D eigenvalue weighted by Crippen LogP contribution is 2.40. The van der Waals surface area contributed by atoms with E-state index in [0.29, 0.717) is 6.04 Å². The Balaban J connectivity index is 2.01. The van der Waals surface area contributed by atoms with Gasteiger partial charge >= 0.3 is 0 Å². The van der Waals surface area contributed by atoms with Gasteiger partial charge in [-0.15, -0.1) is 22.7 Å². The molecule has 1 aliphatic rings. The maximum Gasteiger partial charge on any atom is 0.134 e. The minimum absolute atomic E-state index is 0.487. The summed E-state index contributed by atoms with van der Waals surface area (Å²) in [7, 11) is 2.03. The molecular formula is C12H13ClN2S2. The van der Waals surface area contributed by atoms with E-state index >= 15 is 0 Å². The molecule has 1 N–H and O–H groups in total. The van der Waals surface area contributed by atoms with Gasteiger partial charge in [-0.05, 0) is 38.4 Å². The molecule has 0 fully saturated rings. The van der Waals surface area contributed by atoms with Crippen molar-refractivity contribution in [3.8, 4) is 9.88 Å². The Kier molecular flexibility index (Phi) is 3.21. The zero-order valence-electron chi connectivity index (χ0n) is 9.50. The summed E-state index contributed by atoms with van der Waals surface area (Å²) < 4.78 is 0.832. The number of aromatic nitrogens is 1. The van der Waals surface area contributed by atoms with E-state index in [0.717, 1.165) is 15.8 Å². The van der Waals surface area contributed by atoms with Crippen molar-refractivity contribution in [2.24, 2.45) is 0 Å². The molecule has 0 spiro atoms. The van der Waals surface area contributed by atoms with Crippen molar-refractivity contribution in [1.29, 1.82) is 0 Å². The Morgan fingerprint density at radius 2 is 2.29 bits per heavy atom. The van der Waals surface area contributed by atoms with Gasteiger partial charge in [0.15, 0.2) is 0 Å². The first-order chi connectivity index (χ1) is 8.28. The van der Waals surface area contributed by atoms with Crippen LogP contribution in [-0.4, -0.2) is 12.0 Å². The molecule has 0 aliphatic heterocycles. The van der Waals surface area contributed by atoms with Gasteiger partial charge in [0.05, 0.1) is 14.9 Å². The summed E-state index contributed by atoms with van der Waals surface area (Å²) in [5, 5.41) is 4.50. The lowest BCUT2D eigenvalue weighted by Gasteiger charge is -2.19. The van der Waals surface area contributed by atoms with Crippen LogP contribution < -0.4 is 5.32 Å². The van der Waals surface area contributed by atoms with Crippen LogP contribution in [-0.2, 0) is 6.42 Å². The van der Waals surface area contributed by atoms with Crippen molar-refractivity contribution < 1.29 is 0 Å². The monoisotopic (exact) mass is 284 g/mol. The summed E-state index contributed by atoms with van der Waals surface area (Å²) in [6, 6.07) is 4.49. The van der Waals surface area contributed by atoms with Crippen LogP contribution in [0.15, 0.2) is 12.1 Å². The van der Waals surface area contributed by atoms with E-state index in [1.165, 1.54) is 28.3 Å². The van der Waals surface area contributed by atoms with Gasteiger partial charge in [0.25, 0.3) is 0 Å². The molecule has 0 saturated carbocycles. The molecule has 0 saturated heterocycles. The van der Waals surface area contributed by atoms with Crippen LogP contribution in [0.4, 0.5) is 0 Å². The van der Waals surface area contributed by atoms with Gasteiger partial charge in [-0.1, -0.05) is 11.6 Å². The number of nitrogens with one attached hydrogen (secondary N) is 1. The zero-order chi connectivity index (χ0) is 11.8. The maximum atomic E-state index is 5.98. The molecule has 1 atom stereocenters. The molecule has 1 unspecified atom stereocenters. The van der Waals surface area contributed by atoms with Crippen LogP contribution in [0.5, 0.6) is 0 Å². The molecule has 5 heteroatoms. The smallest absolute Gasteiger partial charge is 0.134 e. The number of fused-ring (bicyclic) bond motifs is 1. The van der Waals surface area contributed by atoms with Crippen LogP contribution in [0, 0.1) is 0 Å². The standard InChI is InChI=1S/C12H13ClN2S2/c1-14-7-3-2-4-8-11(7)17-12(15-8)9-5-6-10(13)16-9/h5-7,14H,2-4H2,1H3. The van der Waals surface area contributed by atoms with E-state index in [1.807, 2.05) is 24.5 Å². The van der Waals surface area contributed by atoms with E-state index in [2.05, 4.69) is 11.4 Å². The lowest BCUT2D eigenvalue weighted by atomic mass is 9.98. The summed E-state index contributed by atoms with van der Waals surface area (Å²) >= 11 is 9.39. The average molecular weight is 285 g/mol. The zero-order valence-corrected chi connectivity index (χ0v) is 11.9. The lowest BCUT2D eigenvalue weighted by Crippen LogP contribution is -2.19. The van der Waals surface area contributed by atoms with Crippen LogP contribution in [0.25, 0.3) is 9.88 Å². The van der Waals surface area contributed by atoms with Gasteiger partial charge in [0.2, 0.25) is 0 Å². The third kappa shape index (κ3) is 2.15. The number of nitrogens with zero attached hydrogens (tertiary/aromatic N) is 1. The topological polar surface area (TPSA) is 24.9 Å². The third-order valence-corrected chi connectivity index (χ3v) is 5.69. The van der Waals surface area contributed by atoms with Crippen molar-refractivity contribution in [3.63, 3.8) is 0 Å². The SMILES string of the molecule is CNC1CCCc2nc(-c3ccc(Cl)s3)sc21. The van der Waals surface area contributed by atoms with Crippen LogP contribution in [0.3, 0.4) is 0 Å². The molecular weight excluding hydrogens is 272 g/mol. The summed E-state index contributed by atoms with van der Waals surface area (Å²) in [5.41, 5.74) is 1.28. The van der Waals surface area contributed by atoms with Gasteiger partial charge in [-0.2, -0.15) is 0 Å². The molecule has 0 aromatic carbocycles. The lowest BCUT2D eigenvalue weighted by molar-refractivity contribution is 0.501. The van der Waals surface area contributed by atoms with Crippen LogP contribution in [0.2, 0.25) is 4.34 Å². The molecule has 1 aliphatic carbocycles. The van der Waals surface area contributed by atoms with Gasteiger partial charge in [-0.25, -0.2) is 4.98 Å². The maximum absolute atomic E-state index is 5.98. The van der Waals surface area contributed by atoms with Gasteiger partial charge in [0, 0.05) is 10.9 Å². The Morgan fingerprint density at radius 3 is 3.00 bits per heavy atom. The number of thiazole rings is 1. The Hall–Kier alpha value is -0.420. The predicted octanol–water partition coefficient (Wildman–Crippen LogP) is 4.12. The van der Waals surface area contributed by atoms with E-state index in [9.17, 15) is 0 Å². The van der Waals surface area contributed by atoms with Crippen molar-refractivity contribution >= 4 is 34.3 Å². The first kappa shape index (κ1) is 11.7. The quantitative estimate of drug-likeness (QED) is 0.897. The Morgan fingerprint density at radius 1 is 1.41 bits per heavy atom. The summed E-state index contributed by atoms with van der Waals surface area (Å²) in [5.74, 6) is 0. The van der Waals surface area contributed by atoms with Crippen LogP contribution >= 0.6 is 34.3 Å². The summed E-state index contributed by atoms with van der Waals surface area (Å²) in [6.45, 7) is 0. The molecule has 0 bridgehead atoms. The van der Waals surface area contributed by atoms with Crippen LogP contribution in [0.1, 0.15) is 29.5 Å². The van der Waals surface area contributed by atoms with E-state index in [-0.39, 0.29) is 0 Å². The highest BCUT2D eigenvalue weighted by Gasteiger charge is 2.23. The number of halogens is 1. The van der Waals surface area contributed by atoms with Gasteiger partial charge < -0.3 is 5.32 Å². The highest BCUT2D eigenvalue weighted by molar-refractivity contribution is 7.23. The number of rotatable bonds is 2. The fraction of sp³-hybridized carbons (Fsp3) is 0.417. The summed E-state index contributed by atoms with van der Waals surface area (Å²) in [6.07, 6.45) is 3.56. The molecule has 0 amide bonds. The Bertz CT molecular complexity index is 532. The fourth-order valence-electron chi connectivity index (χ4n) is 2.23. The molecule has 17 heavy (non-hydrogen) atoms. The number of hydrogen-bond acceptors (Lipinski definition) is 4. The largest absolute Gasteiger partial charge is 0.312 e. The number of thiophene rings is 1. The molecule has 2 heterocycles. The van der Waals surface area contributed by atoms with Crippen molar-refractivity contribution in [2.45, 2.75) is 25.3 Å². The molecule has 2 nitrogen and oxygen atoms in total. The molecule has 2 aromatic heterocycles. The average Bonchev–Trinajstić information content (AvgIpc) is 2.93. The Labute approximate surface area is 114 Å². The highest BCUT2D eigenvalue weighted by atomic mass is 35.5. The third-order valence-electron chi connectivity index (χ3n) is 3.08. The second-order valence-electron chi connectivity index (χ2n) is 4.17. The second kappa shape index (κ2) is 4.69. The van der Waals surface area contributed by atoms with E-state index in [1.54, 1.807) is 11.3 Å². The molecule has 2 aromatic rings. The molecule has 3 rings (SSSR count). The van der Waals surface area contributed by atoms with Gasteiger partial charge in [-0.3, -0.25) is 0 Å². The molecule has 90 valence electrons. The van der Waals surface area contributed by atoms with E-state index < -0.39 is 0 Å². The van der Waals surface area contributed by atoms with Crippen molar-refractivity contribution in [3.05, 3.63) is 27.0 Å². The van der Waals surface area contributed by atoms with Gasteiger partial charge in [0.1, 0.15) is 5.01 Å². The number of hydrogen-bond donors (Lipinski definition) is 1.